The van der Waals surface area contributed by atoms with E-state index in [-0.39, 0.29) is 0 Å². The van der Waals surface area contributed by atoms with E-state index >= 15 is 0 Å². The third-order valence-electron chi connectivity index (χ3n) is 1.02. The van der Waals surface area contributed by atoms with Crippen molar-refractivity contribution in [1.29, 1.82) is 0 Å². The summed E-state index contributed by atoms with van der Waals surface area (Å²) >= 11 is 4.65. The molecule has 1 rings (SSSR count). The van der Waals surface area contributed by atoms with E-state index < -0.39 is 0 Å². The molecule has 0 spiro atoms. The predicted octanol–water partition coefficient (Wildman–Crippen LogP) is 2.40. The van der Waals surface area contributed by atoms with E-state index in [1.165, 1.54) is 0 Å². The summed E-state index contributed by atoms with van der Waals surface area (Å²) in [6.45, 7) is 0. The molecule has 10 heavy (non-hydrogen) atoms. The van der Waals surface area contributed by atoms with Crippen molar-refractivity contribution in [2.75, 3.05) is 0 Å². The smallest absolute Gasteiger partial charge is 0.0622 e. The quantitative estimate of drug-likeness (QED) is 0.419. The topological polar surface area (TPSA) is 0 Å². The number of hydrogen-bond donors (Lipinski definition) is 0. The molecule has 1 aromatic carbocycles. The van der Waals surface area contributed by atoms with Crippen LogP contribution in [0.4, 0.5) is 0 Å². The van der Waals surface area contributed by atoms with Crippen molar-refractivity contribution in [2.24, 2.45) is 0 Å². The van der Waals surface area contributed by atoms with Crippen LogP contribution >= 0.6 is 7.36 Å². The Balaban J connectivity index is 2.86. The lowest BCUT2D eigenvalue weighted by Crippen LogP contribution is -1.67. The van der Waals surface area contributed by atoms with E-state index in [1.807, 2.05) is 30.3 Å². The molecule has 1 aromatic rings. The predicted molar refractivity (Wildman–Crippen MR) is 47.6 cm³/mol. The maximum atomic E-state index is 4.65. The molecule has 0 aromatic heterocycles. The molecule has 0 heterocycles. The summed E-state index contributed by atoms with van der Waals surface area (Å²) in [6, 6.07) is 9.83. The summed E-state index contributed by atoms with van der Waals surface area (Å²) in [5.74, 6) is 2.93. The number of benzene rings is 1. The monoisotopic (exact) mass is 164 g/mol. The van der Waals surface area contributed by atoms with E-state index in [2.05, 4.69) is 23.4 Å². The number of hydrogen-bond acceptors (Lipinski definition) is 1. The SMILES string of the molecule is S=PC#Cc1ccccc1. The first-order valence-corrected chi connectivity index (χ1v) is 4.72. The lowest BCUT2D eigenvalue weighted by atomic mass is 10.2. The van der Waals surface area contributed by atoms with E-state index in [9.17, 15) is 0 Å². The van der Waals surface area contributed by atoms with E-state index in [1.54, 1.807) is 0 Å². The fourth-order valence-electron chi connectivity index (χ4n) is 0.609. The fraction of sp³-hybridized carbons (Fsp3) is 0. The maximum Gasteiger partial charge on any atom is 0.0629 e. The molecule has 0 unspecified atom stereocenters. The molecule has 0 aliphatic rings. The highest BCUT2D eigenvalue weighted by Crippen LogP contribution is 1.96. The largest absolute Gasteiger partial charge is 0.0629 e. The molecule has 0 N–H and O–H groups in total. The molecule has 0 fully saturated rings. The van der Waals surface area contributed by atoms with Crippen molar-refractivity contribution in [1.82, 2.24) is 0 Å². The normalized spacial score (nSPS) is 8.40. The van der Waals surface area contributed by atoms with Gasteiger partial charge in [0.25, 0.3) is 0 Å². The first-order valence-electron chi connectivity index (χ1n) is 2.82. The number of rotatable bonds is 0. The highest BCUT2D eigenvalue weighted by atomic mass is 32.4. The standard InChI is InChI=1S/C8H5PS/c10-9-7-6-8-4-2-1-3-5-8/h1-5H. The Kier molecular flexibility index (Phi) is 3.09. The summed E-state index contributed by atoms with van der Waals surface area (Å²) in [5, 5.41) is 0. The van der Waals surface area contributed by atoms with Crippen molar-refractivity contribution in [3.63, 3.8) is 0 Å². The van der Waals surface area contributed by atoms with Crippen molar-refractivity contribution in [3.05, 3.63) is 35.9 Å². The van der Waals surface area contributed by atoms with Crippen LogP contribution in [0.5, 0.6) is 0 Å². The maximum absolute atomic E-state index is 4.65. The van der Waals surface area contributed by atoms with Gasteiger partial charge < -0.3 is 0 Å². The van der Waals surface area contributed by atoms with Crippen LogP contribution in [0.3, 0.4) is 0 Å². The Hall–Kier alpha value is -0.700. The van der Waals surface area contributed by atoms with E-state index in [0.29, 0.717) is 7.36 Å². The van der Waals surface area contributed by atoms with E-state index in [0.717, 1.165) is 5.56 Å². The fourth-order valence-corrected chi connectivity index (χ4v) is 0.921. The zero-order chi connectivity index (χ0) is 7.23. The van der Waals surface area contributed by atoms with E-state index in [4.69, 9.17) is 0 Å². The molecular formula is C8H5PS. The second kappa shape index (κ2) is 4.17. The molecule has 0 bridgehead atoms. The van der Waals surface area contributed by atoms with Gasteiger partial charge in [-0.15, -0.1) is 0 Å². The lowest BCUT2D eigenvalue weighted by molar-refractivity contribution is 1.65. The first kappa shape index (κ1) is 7.41. The Morgan fingerprint density at radius 1 is 1.20 bits per heavy atom. The summed E-state index contributed by atoms with van der Waals surface area (Å²) in [4.78, 5) is 0. The third kappa shape index (κ3) is 2.27. The molecule has 0 amide bonds. The second-order valence-corrected chi connectivity index (χ2v) is 2.65. The van der Waals surface area contributed by atoms with Crippen LogP contribution in [0.2, 0.25) is 0 Å². The molecule has 0 aliphatic carbocycles. The third-order valence-corrected chi connectivity index (χ3v) is 1.50. The first-order chi connectivity index (χ1) is 4.93. The average Bonchev–Trinajstić information content (AvgIpc) is 2.03. The van der Waals surface area contributed by atoms with Gasteiger partial charge in [0, 0.05) is 5.56 Å². The molecular weight excluding hydrogens is 159 g/mol. The van der Waals surface area contributed by atoms with Gasteiger partial charge in [0.15, 0.2) is 0 Å². The average molecular weight is 164 g/mol. The van der Waals surface area contributed by atoms with Crippen molar-refractivity contribution in [2.45, 2.75) is 0 Å². The van der Waals surface area contributed by atoms with Crippen molar-refractivity contribution in [3.8, 4) is 11.6 Å². The molecule has 0 atom stereocenters. The molecule has 2 heteroatoms. The van der Waals surface area contributed by atoms with Crippen LogP contribution in [-0.2, 0) is 11.8 Å². The minimum atomic E-state index is 0.712. The van der Waals surface area contributed by atoms with Crippen molar-refractivity contribution >= 4 is 19.2 Å². The van der Waals surface area contributed by atoms with Gasteiger partial charge in [0.05, 0.1) is 7.36 Å². The van der Waals surface area contributed by atoms with Crippen molar-refractivity contribution < 1.29 is 0 Å². The Labute approximate surface area is 67.1 Å². The Morgan fingerprint density at radius 3 is 2.50 bits per heavy atom. The minimum absolute atomic E-state index is 0.712. The van der Waals surface area contributed by atoms with Gasteiger partial charge in [0.1, 0.15) is 0 Å². The molecule has 0 nitrogen and oxygen atoms in total. The Bertz CT molecular complexity index is 268. The summed E-state index contributed by atoms with van der Waals surface area (Å²) in [5.41, 5.74) is 3.83. The van der Waals surface area contributed by atoms with Crippen LogP contribution in [0.1, 0.15) is 5.56 Å². The molecule has 0 radical (unpaired) electrons. The highest BCUT2D eigenvalue weighted by Gasteiger charge is 1.78. The van der Waals surface area contributed by atoms with Crippen LogP contribution in [0.25, 0.3) is 0 Å². The Morgan fingerprint density at radius 2 is 1.90 bits per heavy atom. The molecule has 0 saturated heterocycles. The van der Waals surface area contributed by atoms with Crippen LogP contribution < -0.4 is 0 Å². The second-order valence-electron chi connectivity index (χ2n) is 1.69. The van der Waals surface area contributed by atoms with Gasteiger partial charge in [-0.05, 0) is 29.6 Å². The van der Waals surface area contributed by atoms with Gasteiger partial charge in [-0.25, -0.2) is 0 Å². The summed E-state index contributed by atoms with van der Waals surface area (Å²) < 4.78 is 0. The minimum Gasteiger partial charge on any atom is -0.0622 e. The van der Waals surface area contributed by atoms with Gasteiger partial charge >= 0.3 is 0 Å². The van der Waals surface area contributed by atoms with Crippen LogP contribution in [-0.4, -0.2) is 0 Å². The zero-order valence-electron chi connectivity index (χ0n) is 5.24. The van der Waals surface area contributed by atoms with Crippen LogP contribution in [0.15, 0.2) is 30.3 Å². The molecule has 0 saturated carbocycles. The van der Waals surface area contributed by atoms with Gasteiger partial charge in [-0.1, -0.05) is 24.1 Å². The van der Waals surface area contributed by atoms with Gasteiger partial charge in [-0.3, -0.25) is 0 Å². The molecule has 0 aliphatic heterocycles. The van der Waals surface area contributed by atoms with Gasteiger partial charge in [0.2, 0.25) is 0 Å². The molecule has 48 valence electrons. The van der Waals surface area contributed by atoms with Crippen LogP contribution in [0, 0.1) is 11.6 Å². The summed E-state index contributed by atoms with van der Waals surface area (Å²) in [6.07, 6.45) is 0. The van der Waals surface area contributed by atoms with Gasteiger partial charge in [-0.2, -0.15) is 0 Å². The zero-order valence-corrected chi connectivity index (χ0v) is 6.95. The summed E-state index contributed by atoms with van der Waals surface area (Å²) in [7, 11) is 0.712. The highest BCUT2D eigenvalue weighted by molar-refractivity contribution is 7.98. The lowest BCUT2D eigenvalue weighted by Gasteiger charge is -1.83.